The number of methoxy groups -OCH3 is 2. The molecule has 0 spiro atoms. The molecule has 2 N–H and O–H groups in total. The third-order valence-electron chi connectivity index (χ3n) is 4.28. The minimum atomic E-state index is -0.744. The van der Waals surface area contributed by atoms with Crippen LogP contribution in [0.4, 0.5) is 5.69 Å². The third-order valence-corrected chi connectivity index (χ3v) is 4.28. The van der Waals surface area contributed by atoms with Crippen LogP contribution in [0.3, 0.4) is 0 Å². The number of carbonyl (C=O) groups is 2. The van der Waals surface area contributed by atoms with E-state index in [1.165, 1.54) is 14.2 Å². The summed E-state index contributed by atoms with van der Waals surface area (Å²) in [4.78, 5) is 25.7. The molecule has 0 aromatic heterocycles. The van der Waals surface area contributed by atoms with Gasteiger partial charge >= 0.3 is 11.9 Å². The molecule has 2 atom stereocenters. The lowest BCUT2D eigenvalue weighted by atomic mass is 9.94. The number of carbonyl (C=O) groups excluding carboxylic acids is 2. The maximum atomic E-state index is 12.2. The molecule has 2 rings (SSSR count). The lowest BCUT2D eigenvalue weighted by Gasteiger charge is -2.34. The molecule has 1 aliphatic rings. The molecule has 120 valence electrons. The van der Waals surface area contributed by atoms with Crippen molar-refractivity contribution in [3.63, 3.8) is 0 Å². The molecule has 1 fully saturated rings. The van der Waals surface area contributed by atoms with Gasteiger partial charge < -0.3 is 20.1 Å². The van der Waals surface area contributed by atoms with Crippen molar-refractivity contribution in [2.45, 2.75) is 18.9 Å². The summed E-state index contributed by atoms with van der Waals surface area (Å²) in [5.74, 6) is -0.437. The fourth-order valence-electron chi connectivity index (χ4n) is 3.05. The Hall–Kier alpha value is -2.08. The summed E-state index contributed by atoms with van der Waals surface area (Å²) < 4.78 is 9.65. The monoisotopic (exact) mass is 306 g/mol. The van der Waals surface area contributed by atoms with Crippen molar-refractivity contribution in [2.75, 3.05) is 32.2 Å². The number of hydrogen-bond acceptors (Lipinski definition) is 6. The maximum absolute atomic E-state index is 12.2. The molecule has 0 saturated carbocycles. The van der Waals surface area contributed by atoms with Crippen LogP contribution in [0.25, 0.3) is 0 Å². The van der Waals surface area contributed by atoms with Crippen LogP contribution in [-0.2, 0) is 14.3 Å². The molecular weight excluding hydrogens is 284 g/mol. The van der Waals surface area contributed by atoms with Gasteiger partial charge in [-0.05, 0) is 50.1 Å². The van der Waals surface area contributed by atoms with Gasteiger partial charge in [0.15, 0.2) is 0 Å². The van der Waals surface area contributed by atoms with Crippen molar-refractivity contribution in [3.8, 4) is 0 Å². The second-order valence-corrected chi connectivity index (χ2v) is 5.72. The van der Waals surface area contributed by atoms with E-state index >= 15 is 0 Å². The van der Waals surface area contributed by atoms with Gasteiger partial charge in [-0.15, -0.1) is 0 Å². The van der Waals surface area contributed by atoms with Crippen LogP contribution in [0.2, 0.25) is 0 Å². The Bertz CT molecular complexity index is 558. The SMILES string of the molecule is COC(=O)c1ccc(N2CC(CN)CC2(C)C(=O)OC)cc1. The summed E-state index contributed by atoms with van der Waals surface area (Å²) in [6.07, 6.45) is 0.648. The molecule has 0 amide bonds. The first-order valence-electron chi connectivity index (χ1n) is 7.20. The van der Waals surface area contributed by atoms with Gasteiger partial charge in [0.2, 0.25) is 0 Å². The molecule has 1 aromatic rings. The molecular formula is C16H22N2O4. The molecule has 1 saturated heterocycles. The van der Waals surface area contributed by atoms with Gasteiger partial charge in [-0.3, -0.25) is 0 Å². The van der Waals surface area contributed by atoms with Crippen molar-refractivity contribution >= 4 is 17.6 Å². The molecule has 0 aliphatic carbocycles. The Balaban J connectivity index is 2.32. The van der Waals surface area contributed by atoms with E-state index in [1.54, 1.807) is 12.1 Å². The fourth-order valence-corrected chi connectivity index (χ4v) is 3.05. The molecule has 6 nitrogen and oxygen atoms in total. The second-order valence-electron chi connectivity index (χ2n) is 5.72. The van der Waals surface area contributed by atoms with E-state index in [2.05, 4.69) is 4.74 Å². The Morgan fingerprint density at radius 2 is 1.91 bits per heavy atom. The van der Waals surface area contributed by atoms with Crippen molar-refractivity contribution in [1.29, 1.82) is 0 Å². The summed E-state index contributed by atoms with van der Waals surface area (Å²) in [5, 5.41) is 0. The van der Waals surface area contributed by atoms with Gasteiger partial charge in [0.1, 0.15) is 5.54 Å². The Morgan fingerprint density at radius 1 is 1.27 bits per heavy atom. The van der Waals surface area contributed by atoms with E-state index in [1.807, 2.05) is 24.0 Å². The number of benzene rings is 1. The lowest BCUT2D eigenvalue weighted by Crippen LogP contribution is -2.48. The highest BCUT2D eigenvalue weighted by Gasteiger charge is 2.48. The minimum Gasteiger partial charge on any atom is -0.467 e. The zero-order valence-electron chi connectivity index (χ0n) is 13.2. The number of rotatable bonds is 4. The van der Waals surface area contributed by atoms with Crippen molar-refractivity contribution in [1.82, 2.24) is 0 Å². The second kappa shape index (κ2) is 6.36. The summed E-state index contributed by atoms with van der Waals surface area (Å²) in [6.45, 7) is 3.06. The summed E-state index contributed by atoms with van der Waals surface area (Å²) in [6, 6.07) is 7.00. The average molecular weight is 306 g/mol. The molecule has 2 unspecified atom stereocenters. The van der Waals surface area contributed by atoms with Gasteiger partial charge in [-0.1, -0.05) is 0 Å². The molecule has 1 heterocycles. The van der Waals surface area contributed by atoms with Crippen molar-refractivity contribution in [2.24, 2.45) is 11.7 Å². The van der Waals surface area contributed by atoms with Crippen molar-refractivity contribution < 1.29 is 19.1 Å². The number of hydrogen-bond donors (Lipinski definition) is 1. The van der Waals surface area contributed by atoms with E-state index in [0.717, 1.165) is 5.69 Å². The van der Waals surface area contributed by atoms with E-state index in [4.69, 9.17) is 10.5 Å². The van der Waals surface area contributed by atoms with Gasteiger partial charge in [0, 0.05) is 12.2 Å². The van der Waals surface area contributed by atoms with Gasteiger partial charge in [-0.25, -0.2) is 9.59 Å². The van der Waals surface area contributed by atoms with Crippen LogP contribution in [-0.4, -0.2) is 44.8 Å². The molecule has 22 heavy (non-hydrogen) atoms. The van der Waals surface area contributed by atoms with Crippen LogP contribution in [0.15, 0.2) is 24.3 Å². The number of esters is 2. The maximum Gasteiger partial charge on any atom is 0.337 e. The highest BCUT2D eigenvalue weighted by atomic mass is 16.5. The van der Waals surface area contributed by atoms with E-state index < -0.39 is 5.54 Å². The summed E-state index contributed by atoms with van der Waals surface area (Å²) in [5.41, 5.74) is 6.36. The molecule has 1 aliphatic heterocycles. The van der Waals surface area contributed by atoms with E-state index in [0.29, 0.717) is 25.1 Å². The minimum absolute atomic E-state index is 0.226. The van der Waals surface area contributed by atoms with E-state index in [9.17, 15) is 9.59 Å². The largest absolute Gasteiger partial charge is 0.467 e. The third kappa shape index (κ3) is 2.78. The predicted molar refractivity (Wildman–Crippen MR) is 82.7 cm³/mol. The van der Waals surface area contributed by atoms with Gasteiger partial charge in [-0.2, -0.15) is 0 Å². The fraction of sp³-hybridized carbons (Fsp3) is 0.500. The van der Waals surface area contributed by atoms with Crippen molar-refractivity contribution in [3.05, 3.63) is 29.8 Å². The van der Waals surface area contributed by atoms with Crippen LogP contribution in [0, 0.1) is 5.92 Å². The Kier molecular flexibility index (Phi) is 4.71. The van der Waals surface area contributed by atoms with Crippen LogP contribution in [0.1, 0.15) is 23.7 Å². The highest BCUT2D eigenvalue weighted by molar-refractivity contribution is 5.90. The standard InChI is InChI=1S/C16H22N2O4/c1-16(15(20)22-3)8-11(9-17)10-18(16)13-6-4-12(5-7-13)14(19)21-2/h4-7,11H,8-10,17H2,1-3H3. The number of nitrogens with two attached hydrogens (primary N) is 1. The smallest absolute Gasteiger partial charge is 0.337 e. The first-order valence-corrected chi connectivity index (χ1v) is 7.20. The Morgan fingerprint density at radius 3 is 2.41 bits per heavy atom. The van der Waals surface area contributed by atoms with Crippen LogP contribution in [0.5, 0.6) is 0 Å². The number of ether oxygens (including phenoxy) is 2. The first kappa shape index (κ1) is 16.3. The Labute approximate surface area is 130 Å². The predicted octanol–water partition coefficient (Wildman–Crippen LogP) is 1.19. The van der Waals surface area contributed by atoms with Crippen LogP contribution < -0.4 is 10.6 Å². The van der Waals surface area contributed by atoms with Crippen LogP contribution >= 0.6 is 0 Å². The molecule has 1 aromatic carbocycles. The highest BCUT2D eigenvalue weighted by Crippen LogP contribution is 2.37. The quantitative estimate of drug-likeness (QED) is 0.842. The topological polar surface area (TPSA) is 81.9 Å². The molecule has 6 heteroatoms. The number of nitrogens with zero attached hydrogens (tertiary/aromatic N) is 1. The zero-order chi connectivity index (χ0) is 16.3. The van der Waals surface area contributed by atoms with Gasteiger partial charge in [0.25, 0.3) is 0 Å². The van der Waals surface area contributed by atoms with E-state index in [-0.39, 0.29) is 17.9 Å². The van der Waals surface area contributed by atoms with Gasteiger partial charge in [0.05, 0.1) is 19.8 Å². The number of anilines is 1. The summed E-state index contributed by atoms with van der Waals surface area (Å²) >= 11 is 0. The lowest BCUT2D eigenvalue weighted by molar-refractivity contribution is -0.146. The molecule has 0 bridgehead atoms. The zero-order valence-corrected chi connectivity index (χ0v) is 13.2. The summed E-state index contributed by atoms with van der Waals surface area (Å²) in [7, 11) is 2.73. The average Bonchev–Trinajstić information content (AvgIpc) is 2.91. The molecule has 0 radical (unpaired) electrons. The first-order chi connectivity index (χ1) is 10.5. The normalized spacial score (nSPS) is 24.2.